The molecular weight excluding hydrogens is 1060 g/mol. The largest absolute Gasteiger partial charge is 0.497 e. The first-order valence-electron chi connectivity index (χ1n) is 29.2. The number of aryl methyl sites for hydroxylation is 1. The van der Waals surface area contributed by atoms with Gasteiger partial charge in [0, 0.05) is 54.8 Å². The number of nitrogens with one attached hydrogen (secondary N) is 4. The Balaban J connectivity index is 0.884. The Labute approximate surface area is 493 Å². The molecule has 2 aliphatic carbocycles. The summed E-state index contributed by atoms with van der Waals surface area (Å²) in [4.78, 5) is 69.9. The molecule has 4 N–H and O–H groups in total. The Morgan fingerprint density at radius 3 is 1.70 bits per heavy atom. The molecule has 436 valence electrons. The van der Waals surface area contributed by atoms with Crippen molar-refractivity contribution < 1.29 is 47.7 Å². The van der Waals surface area contributed by atoms with Crippen LogP contribution in [0.4, 0.5) is 4.79 Å². The Kier molecular flexibility index (Phi) is 21.0. The first-order chi connectivity index (χ1) is 41.0. The molecule has 0 spiro atoms. The third-order valence-electron chi connectivity index (χ3n) is 16.1. The average molecular weight is 1130 g/mol. The van der Waals surface area contributed by atoms with Gasteiger partial charge < -0.3 is 45.0 Å². The van der Waals surface area contributed by atoms with Crippen LogP contribution in [0.25, 0.3) is 22.3 Å². The number of alkyl carbamates (subject to hydrolysis) is 1. The number of rotatable bonds is 30. The molecular formula is C70H76N4O10. The predicted molar refractivity (Wildman–Crippen MR) is 325 cm³/mol. The molecule has 7 aromatic rings. The first kappa shape index (κ1) is 59.9. The van der Waals surface area contributed by atoms with Crippen LogP contribution in [-0.2, 0) is 35.2 Å². The van der Waals surface area contributed by atoms with E-state index in [1.807, 2.05) is 111 Å². The first-order valence-corrected chi connectivity index (χ1v) is 29.2. The number of ether oxygens (including phenoxy) is 5. The van der Waals surface area contributed by atoms with E-state index in [-0.39, 0.29) is 69.2 Å². The summed E-state index contributed by atoms with van der Waals surface area (Å²) in [5.41, 5.74) is 12.5. The zero-order chi connectivity index (χ0) is 58.8. The topological polar surface area (TPSA) is 180 Å². The van der Waals surface area contributed by atoms with Gasteiger partial charge in [0.25, 0.3) is 5.91 Å². The molecule has 0 saturated heterocycles. The molecule has 3 amide bonds. The van der Waals surface area contributed by atoms with Crippen LogP contribution < -0.4 is 35.5 Å². The molecule has 2 aliphatic rings. The number of fused-ring (bicyclic) bond motifs is 6. The standard InChI is InChI=1S/C70H76N4O10/c1-46-27-29-47(30-28-46)42-73-67(76)45-82-50-33-31-48(32-34-50)61(60-36-35-51(80-3)40-66(60)81-4)41-65(75)64(26-14-15-37-71-2)74-69(78)49(39-68(77)83-43-62-56-22-9-5-18-52(56)53-19-6-10-23-57(53)62)17-13-16-38-72-70(79)84-44-63-58-24-11-7-20-54(58)55-21-8-12-25-59(55)63/h5-12,18-25,27-36,40,49,61-64,71H,13-17,26,37-39,41-45H2,1-4H3,(H,72,79)(H,73,76)(H,74,78)/t49-,61?,64+/m1/s1. The highest BCUT2D eigenvalue weighted by atomic mass is 16.5. The maximum atomic E-state index is 15.1. The van der Waals surface area contributed by atoms with E-state index in [1.54, 1.807) is 32.4 Å². The van der Waals surface area contributed by atoms with E-state index in [0.29, 0.717) is 49.5 Å². The fourth-order valence-corrected chi connectivity index (χ4v) is 11.6. The molecule has 84 heavy (non-hydrogen) atoms. The van der Waals surface area contributed by atoms with E-state index >= 15 is 4.79 Å². The summed E-state index contributed by atoms with van der Waals surface area (Å²) < 4.78 is 29.2. The fraction of sp³-hybridized carbons (Fsp3) is 0.329. The van der Waals surface area contributed by atoms with Gasteiger partial charge in [-0.25, -0.2) is 4.79 Å². The van der Waals surface area contributed by atoms with Gasteiger partial charge in [-0.2, -0.15) is 0 Å². The van der Waals surface area contributed by atoms with Gasteiger partial charge in [-0.05, 0) is 126 Å². The summed E-state index contributed by atoms with van der Waals surface area (Å²) in [6.07, 6.45) is 2.27. The second-order valence-electron chi connectivity index (χ2n) is 21.7. The van der Waals surface area contributed by atoms with Crippen LogP contribution in [0.5, 0.6) is 17.2 Å². The van der Waals surface area contributed by atoms with Crippen molar-refractivity contribution in [1.82, 2.24) is 21.3 Å². The minimum atomic E-state index is -0.901. The molecule has 1 unspecified atom stereocenters. The Morgan fingerprint density at radius 2 is 1.12 bits per heavy atom. The third-order valence-corrected chi connectivity index (χ3v) is 16.1. The second-order valence-corrected chi connectivity index (χ2v) is 21.7. The number of hydrogen-bond donors (Lipinski definition) is 4. The highest BCUT2D eigenvalue weighted by molar-refractivity contribution is 5.92. The molecule has 0 aromatic heterocycles. The molecule has 7 aromatic carbocycles. The lowest BCUT2D eigenvalue weighted by Crippen LogP contribution is -2.44. The van der Waals surface area contributed by atoms with Crippen LogP contribution in [-0.4, -0.2) is 89.9 Å². The quantitative estimate of drug-likeness (QED) is 0.0249. The molecule has 0 heterocycles. The van der Waals surface area contributed by atoms with Crippen LogP contribution in [0.15, 0.2) is 164 Å². The summed E-state index contributed by atoms with van der Waals surface area (Å²) in [5, 5.41) is 12.1. The van der Waals surface area contributed by atoms with Crippen LogP contribution in [0.2, 0.25) is 0 Å². The van der Waals surface area contributed by atoms with Gasteiger partial charge in [-0.3, -0.25) is 19.2 Å². The van der Waals surface area contributed by atoms with Crippen molar-refractivity contribution in [2.75, 3.05) is 54.2 Å². The van der Waals surface area contributed by atoms with Crippen LogP contribution in [0, 0.1) is 12.8 Å². The molecule has 0 aliphatic heterocycles. The SMILES string of the molecule is CNCCCC[C@H](NC(=O)[C@H](CCCCNC(=O)OCC1c2ccccc2-c2ccccc21)CC(=O)OCC1c2ccccc2-c2ccccc21)C(=O)CC(c1ccc(OCC(=O)NCc2ccc(C)cc2)cc1)c1ccc(OC)cc1OC. The minimum Gasteiger partial charge on any atom is -0.497 e. The normalized spacial score (nSPS) is 13.2. The van der Waals surface area contributed by atoms with Gasteiger partial charge >= 0.3 is 12.1 Å². The number of ketones is 1. The number of methoxy groups -OCH3 is 2. The number of hydrogen-bond acceptors (Lipinski definition) is 11. The second kappa shape index (κ2) is 29.5. The van der Waals surface area contributed by atoms with E-state index in [0.717, 1.165) is 79.7 Å². The van der Waals surface area contributed by atoms with Crippen molar-refractivity contribution in [2.45, 2.75) is 88.6 Å². The van der Waals surface area contributed by atoms with Crippen LogP contribution in [0.1, 0.15) is 114 Å². The van der Waals surface area contributed by atoms with Gasteiger partial charge in [-0.1, -0.05) is 152 Å². The maximum absolute atomic E-state index is 15.1. The fourth-order valence-electron chi connectivity index (χ4n) is 11.6. The molecule has 0 fully saturated rings. The van der Waals surface area contributed by atoms with Crippen molar-refractivity contribution in [3.05, 3.63) is 208 Å². The summed E-state index contributed by atoms with van der Waals surface area (Å²) in [6, 6.07) is 52.4. The number of carbonyl (C=O) groups excluding carboxylic acids is 5. The summed E-state index contributed by atoms with van der Waals surface area (Å²) >= 11 is 0. The molecule has 9 rings (SSSR count). The lowest BCUT2D eigenvalue weighted by Gasteiger charge is -2.26. The number of amides is 3. The Bertz CT molecular complexity index is 3290. The molecule has 14 nitrogen and oxygen atoms in total. The zero-order valence-corrected chi connectivity index (χ0v) is 48.5. The molecule has 0 bridgehead atoms. The van der Waals surface area contributed by atoms with E-state index in [1.165, 1.54) is 0 Å². The highest BCUT2D eigenvalue weighted by Gasteiger charge is 2.34. The number of benzene rings is 7. The lowest BCUT2D eigenvalue weighted by molar-refractivity contribution is -0.147. The Morgan fingerprint density at radius 1 is 0.560 bits per heavy atom. The van der Waals surface area contributed by atoms with Gasteiger partial charge in [-0.15, -0.1) is 0 Å². The molecule has 0 radical (unpaired) electrons. The molecule has 3 atom stereocenters. The van der Waals surface area contributed by atoms with Crippen molar-refractivity contribution in [2.24, 2.45) is 5.92 Å². The third kappa shape index (κ3) is 15.3. The lowest BCUT2D eigenvalue weighted by atomic mass is 9.84. The van der Waals surface area contributed by atoms with Crippen LogP contribution in [0.3, 0.4) is 0 Å². The monoisotopic (exact) mass is 1130 g/mol. The maximum Gasteiger partial charge on any atom is 0.407 e. The number of Topliss-reactive ketones (excluding diaryl/α,β-unsaturated/α-hetero) is 1. The van der Waals surface area contributed by atoms with Crippen molar-refractivity contribution in [1.29, 1.82) is 0 Å². The van der Waals surface area contributed by atoms with Gasteiger partial charge in [0.15, 0.2) is 12.4 Å². The Hall–Kier alpha value is -8.75. The average Bonchev–Trinajstić information content (AvgIpc) is 2.83. The van der Waals surface area contributed by atoms with Gasteiger partial charge in [0.1, 0.15) is 30.5 Å². The van der Waals surface area contributed by atoms with E-state index in [9.17, 15) is 19.2 Å². The highest BCUT2D eigenvalue weighted by Crippen LogP contribution is 2.46. The zero-order valence-electron chi connectivity index (χ0n) is 48.5. The molecule has 0 saturated carbocycles. The number of esters is 1. The van der Waals surface area contributed by atoms with Gasteiger partial charge in [0.05, 0.1) is 26.7 Å². The smallest absolute Gasteiger partial charge is 0.407 e. The summed E-state index contributed by atoms with van der Waals surface area (Å²) in [5.74, 6) is -1.48. The summed E-state index contributed by atoms with van der Waals surface area (Å²) in [7, 11) is 5.01. The van der Waals surface area contributed by atoms with E-state index in [4.69, 9.17) is 23.7 Å². The number of carbonyl (C=O) groups is 5. The van der Waals surface area contributed by atoms with Crippen molar-refractivity contribution in [3.63, 3.8) is 0 Å². The van der Waals surface area contributed by atoms with Crippen molar-refractivity contribution >= 4 is 29.7 Å². The van der Waals surface area contributed by atoms with E-state index < -0.39 is 35.8 Å². The van der Waals surface area contributed by atoms with Crippen LogP contribution >= 0.6 is 0 Å². The number of unbranched alkanes of at least 4 members (excludes halogenated alkanes) is 2. The molecule has 14 heteroatoms. The van der Waals surface area contributed by atoms with E-state index in [2.05, 4.69) is 69.8 Å². The minimum absolute atomic E-state index is 0.0140. The van der Waals surface area contributed by atoms with Gasteiger partial charge in [0.2, 0.25) is 5.91 Å². The summed E-state index contributed by atoms with van der Waals surface area (Å²) in [6.45, 7) is 3.50. The predicted octanol–water partition coefficient (Wildman–Crippen LogP) is 11.7. The van der Waals surface area contributed by atoms with Crippen molar-refractivity contribution in [3.8, 4) is 39.5 Å².